The van der Waals surface area contributed by atoms with E-state index in [-0.39, 0.29) is 0 Å². The highest BCUT2D eigenvalue weighted by Gasteiger charge is 2.21. The van der Waals surface area contributed by atoms with E-state index in [0.29, 0.717) is 6.04 Å². The van der Waals surface area contributed by atoms with E-state index >= 15 is 0 Å². The maximum atomic E-state index is 4.41. The van der Waals surface area contributed by atoms with E-state index in [0.717, 1.165) is 23.3 Å². The van der Waals surface area contributed by atoms with Crippen LogP contribution in [0.1, 0.15) is 45.4 Å². The molecule has 1 aliphatic rings. The number of hydrogen-bond acceptors (Lipinski definition) is 4. The first-order valence-electron chi connectivity index (χ1n) is 5.87. The molecule has 1 aliphatic carbocycles. The quantitative estimate of drug-likeness (QED) is 0.808. The Hall–Kier alpha value is -0.640. The molecule has 1 atom stereocenters. The molecule has 1 N–H and O–H groups in total. The van der Waals surface area contributed by atoms with Gasteiger partial charge in [0.2, 0.25) is 5.13 Å². The molecule has 0 aromatic carbocycles. The molecule has 0 spiro atoms. The molecule has 0 bridgehead atoms. The highest BCUT2D eigenvalue weighted by molar-refractivity contribution is 7.09. The summed E-state index contributed by atoms with van der Waals surface area (Å²) >= 11 is 1.48. The second kappa shape index (κ2) is 4.92. The molecule has 1 saturated carbocycles. The van der Waals surface area contributed by atoms with Crippen LogP contribution in [0.15, 0.2) is 0 Å². The Kier molecular flexibility index (Phi) is 3.57. The van der Waals surface area contributed by atoms with Crippen molar-refractivity contribution in [3.8, 4) is 0 Å². The monoisotopic (exact) mass is 225 g/mol. The standard InChI is InChI=1S/C11H19N3S/c1-3-10-13-11(15-14-10)12-8(2)4-5-9-6-7-9/h8-9H,3-7H2,1-2H3,(H,12,13,14). The number of hydrogen-bond donors (Lipinski definition) is 1. The zero-order valence-electron chi connectivity index (χ0n) is 9.49. The molecule has 4 heteroatoms. The van der Waals surface area contributed by atoms with Crippen LogP contribution in [-0.4, -0.2) is 15.4 Å². The largest absolute Gasteiger partial charge is 0.358 e. The van der Waals surface area contributed by atoms with Crippen molar-refractivity contribution in [1.29, 1.82) is 0 Å². The van der Waals surface area contributed by atoms with E-state index in [2.05, 4.69) is 28.5 Å². The summed E-state index contributed by atoms with van der Waals surface area (Å²) in [5, 5.41) is 4.41. The predicted octanol–water partition coefficient (Wildman–Crippen LogP) is 3.09. The zero-order chi connectivity index (χ0) is 10.7. The summed E-state index contributed by atoms with van der Waals surface area (Å²) in [7, 11) is 0. The number of nitrogens with one attached hydrogen (secondary N) is 1. The lowest BCUT2D eigenvalue weighted by Gasteiger charge is -2.11. The Labute approximate surface area is 95.5 Å². The van der Waals surface area contributed by atoms with Crippen molar-refractivity contribution in [2.45, 2.75) is 52.0 Å². The minimum absolute atomic E-state index is 0.531. The number of aryl methyl sites for hydroxylation is 1. The third-order valence-electron chi connectivity index (χ3n) is 2.86. The maximum absolute atomic E-state index is 4.41. The van der Waals surface area contributed by atoms with Crippen LogP contribution in [-0.2, 0) is 6.42 Å². The van der Waals surface area contributed by atoms with Crippen molar-refractivity contribution in [3.63, 3.8) is 0 Å². The summed E-state index contributed by atoms with van der Waals surface area (Å²) in [6, 6.07) is 0.531. The van der Waals surface area contributed by atoms with Crippen molar-refractivity contribution >= 4 is 16.7 Å². The lowest BCUT2D eigenvalue weighted by Crippen LogP contribution is -2.14. The van der Waals surface area contributed by atoms with Gasteiger partial charge in [0.25, 0.3) is 0 Å². The van der Waals surface area contributed by atoms with Crippen LogP contribution >= 0.6 is 11.5 Å². The summed E-state index contributed by atoms with van der Waals surface area (Å²) in [6.45, 7) is 4.32. The normalized spacial score (nSPS) is 17.7. The van der Waals surface area contributed by atoms with Gasteiger partial charge in [-0.05, 0) is 25.7 Å². The molecular weight excluding hydrogens is 206 g/mol. The van der Waals surface area contributed by atoms with Gasteiger partial charge in [0.1, 0.15) is 5.82 Å². The van der Waals surface area contributed by atoms with Crippen molar-refractivity contribution < 1.29 is 0 Å². The van der Waals surface area contributed by atoms with E-state index in [1.807, 2.05) is 0 Å². The number of rotatable bonds is 6. The predicted molar refractivity (Wildman–Crippen MR) is 64.3 cm³/mol. The Morgan fingerprint density at radius 1 is 1.53 bits per heavy atom. The molecule has 2 rings (SSSR count). The van der Waals surface area contributed by atoms with E-state index in [9.17, 15) is 0 Å². The van der Waals surface area contributed by atoms with E-state index in [1.165, 1.54) is 37.2 Å². The lowest BCUT2D eigenvalue weighted by molar-refractivity contribution is 0.610. The van der Waals surface area contributed by atoms with Gasteiger partial charge in [-0.25, -0.2) is 4.98 Å². The topological polar surface area (TPSA) is 37.8 Å². The average molecular weight is 225 g/mol. The Balaban J connectivity index is 1.73. The molecule has 84 valence electrons. The van der Waals surface area contributed by atoms with E-state index < -0.39 is 0 Å². The van der Waals surface area contributed by atoms with Crippen LogP contribution in [0.25, 0.3) is 0 Å². The van der Waals surface area contributed by atoms with Crippen molar-refractivity contribution in [3.05, 3.63) is 5.82 Å². The molecule has 1 aromatic heterocycles. The number of anilines is 1. The van der Waals surface area contributed by atoms with Crippen LogP contribution in [0.5, 0.6) is 0 Å². The van der Waals surface area contributed by atoms with Gasteiger partial charge in [-0.2, -0.15) is 4.37 Å². The highest BCUT2D eigenvalue weighted by atomic mass is 32.1. The van der Waals surface area contributed by atoms with Gasteiger partial charge in [0.15, 0.2) is 0 Å². The van der Waals surface area contributed by atoms with Crippen LogP contribution in [0.4, 0.5) is 5.13 Å². The second-order valence-electron chi connectivity index (χ2n) is 4.44. The van der Waals surface area contributed by atoms with Gasteiger partial charge in [0, 0.05) is 24.0 Å². The summed E-state index contributed by atoms with van der Waals surface area (Å²) in [4.78, 5) is 4.41. The first-order valence-corrected chi connectivity index (χ1v) is 6.64. The van der Waals surface area contributed by atoms with Gasteiger partial charge >= 0.3 is 0 Å². The molecule has 0 saturated heterocycles. The Bertz CT molecular complexity index is 307. The number of aromatic nitrogens is 2. The Morgan fingerprint density at radius 2 is 2.33 bits per heavy atom. The van der Waals surface area contributed by atoms with Gasteiger partial charge < -0.3 is 5.32 Å². The first-order chi connectivity index (χ1) is 7.28. The van der Waals surface area contributed by atoms with Crippen molar-refractivity contribution in [2.24, 2.45) is 5.92 Å². The lowest BCUT2D eigenvalue weighted by atomic mass is 10.1. The molecule has 0 radical (unpaired) electrons. The van der Waals surface area contributed by atoms with Crippen LogP contribution in [0, 0.1) is 5.92 Å². The summed E-state index contributed by atoms with van der Waals surface area (Å²) in [6.07, 6.45) is 6.45. The molecule has 3 nitrogen and oxygen atoms in total. The molecule has 1 aromatic rings. The third kappa shape index (κ3) is 3.45. The molecule has 1 unspecified atom stereocenters. The zero-order valence-corrected chi connectivity index (χ0v) is 10.3. The number of nitrogens with zero attached hydrogens (tertiary/aromatic N) is 2. The highest BCUT2D eigenvalue weighted by Crippen LogP contribution is 2.34. The summed E-state index contributed by atoms with van der Waals surface area (Å²) in [5.41, 5.74) is 0. The van der Waals surface area contributed by atoms with Gasteiger partial charge in [-0.15, -0.1) is 0 Å². The van der Waals surface area contributed by atoms with Crippen molar-refractivity contribution in [2.75, 3.05) is 5.32 Å². The van der Waals surface area contributed by atoms with Crippen LogP contribution in [0.2, 0.25) is 0 Å². The van der Waals surface area contributed by atoms with Crippen molar-refractivity contribution in [1.82, 2.24) is 9.36 Å². The molecule has 15 heavy (non-hydrogen) atoms. The van der Waals surface area contributed by atoms with E-state index in [4.69, 9.17) is 0 Å². The second-order valence-corrected chi connectivity index (χ2v) is 5.19. The maximum Gasteiger partial charge on any atom is 0.202 e. The minimum atomic E-state index is 0.531. The summed E-state index contributed by atoms with van der Waals surface area (Å²) in [5.74, 6) is 1.98. The first kappa shape index (κ1) is 10.9. The van der Waals surface area contributed by atoms with E-state index in [1.54, 1.807) is 0 Å². The van der Waals surface area contributed by atoms with Gasteiger partial charge in [-0.1, -0.05) is 19.8 Å². The third-order valence-corrected chi connectivity index (χ3v) is 3.54. The fraction of sp³-hybridized carbons (Fsp3) is 0.818. The average Bonchev–Trinajstić information content (AvgIpc) is 2.96. The smallest absolute Gasteiger partial charge is 0.202 e. The summed E-state index contributed by atoms with van der Waals surface area (Å²) < 4.78 is 4.26. The molecule has 1 fully saturated rings. The fourth-order valence-corrected chi connectivity index (χ4v) is 2.39. The molecule has 1 heterocycles. The van der Waals surface area contributed by atoms with Crippen LogP contribution < -0.4 is 5.32 Å². The molecule has 0 amide bonds. The molecule has 0 aliphatic heterocycles. The Morgan fingerprint density at radius 3 is 2.93 bits per heavy atom. The minimum Gasteiger partial charge on any atom is -0.358 e. The van der Waals surface area contributed by atoms with Gasteiger partial charge in [-0.3, -0.25) is 0 Å². The molecular formula is C11H19N3S. The van der Waals surface area contributed by atoms with Crippen LogP contribution in [0.3, 0.4) is 0 Å². The fourth-order valence-electron chi connectivity index (χ4n) is 1.63. The SMILES string of the molecule is CCc1nsc(NC(C)CCC2CC2)n1. The van der Waals surface area contributed by atoms with Gasteiger partial charge in [0.05, 0.1) is 0 Å².